The maximum atomic E-state index is 9.90. The first-order valence-corrected chi connectivity index (χ1v) is 10.6. The van der Waals surface area contributed by atoms with Gasteiger partial charge in [0.2, 0.25) is 0 Å². The molecule has 0 bridgehead atoms. The van der Waals surface area contributed by atoms with E-state index in [9.17, 15) is 5.11 Å². The van der Waals surface area contributed by atoms with Crippen LogP contribution in [0.5, 0.6) is 17.2 Å². The molecule has 4 rings (SSSR count). The van der Waals surface area contributed by atoms with E-state index in [0.717, 1.165) is 17.6 Å². The molecule has 2 atom stereocenters. The van der Waals surface area contributed by atoms with E-state index in [1.807, 2.05) is 12.1 Å². The highest BCUT2D eigenvalue weighted by atomic mass is 16.5. The number of phenolic OH excluding ortho intramolecular Hbond substituents is 1. The lowest BCUT2D eigenvalue weighted by atomic mass is 9.66. The molecular formula is C24H31NO2. The zero-order valence-corrected chi connectivity index (χ0v) is 16.1. The third kappa shape index (κ3) is 4.07. The third-order valence-corrected chi connectivity index (χ3v) is 6.62. The van der Waals surface area contributed by atoms with Crippen molar-refractivity contribution in [3.8, 4) is 17.2 Å². The number of benzene rings is 2. The summed E-state index contributed by atoms with van der Waals surface area (Å²) in [5.41, 5.74) is 7.44. The molecule has 3 nitrogen and oxygen atoms in total. The van der Waals surface area contributed by atoms with Crippen molar-refractivity contribution in [3.63, 3.8) is 0 Å². The lowest BCUT2D eigenvalue weighted by Gasteiger charge is -2.39. The van der Waals surface area contributed by atoms with Gasteiger partial charge in [0.25, 0.3) is 0 Å². The van der Waals surface area contributed by atoms with E-state index in [1.54, 1.807) is 12.1 Å². The zero-order chi connectivity index (χ0) is 18.6. The molecule has 0 amide bonds. The summed E-state index contributed by atoms with van der Waals surface area (Å²) in [5.74, 6) is 3.87. The van der Waals surface area contributed by atoms with Gasteiger partial charge in [0.05, 0.1) is 5.69 Å². The molecule has 0 spiro atoms. The topological polar surface area (TPSA) is 55.5 Å². The molecule has 27 heavy (non-hydrogen) atoms. The zero-order valence-electron chi connectivity index (χ0n) is 16.1. The Bertz CT molecular complexity index is 767. The largest absolute Gasteiger partial charge is 0.506 e. The summed E-state index contributed by atoms with van der Waals surface area (Å²) >= 11 is 0. The fraction of sp³-hybridized carbons (Fsp3) is 0.500. The fourth-order valence-corrected chi connectivity index (χ4v) is 5.27. The summed E-state index contributed by atoms with van der Waals surface area (Å²) in [6.45, 7) is 0. The number of nitrogen functional groups attached to an aromatic ring is 1. The van der Waals surface area contributed by atoms with Crippen molar-refractivity contribution in [1.82, 2.24) is 0 Å². The van der Waals surface area contributed by atoms with E-state index in [-0.39, 0.29) is 5.75 Å². The van der Waals surface area contributed by atoms with Crippen molar-refractivity contribution < 1.29 is 9.84 Å². The molecule has 144 valence electrons. The first kappa shape index (κ1) is 18.2. The van der Waals surface area contributed by atoms with Crippen LogP contribution in [0.2, 0.25) is 0 Å². The Hall–Kier alpha value is -2.16. The molecule has 3 N–H and O–H groups in total. The molecular weight excluding hydrogens is 334 g/mol. The SMILES string of the molecule is Nc1ccc(Oc2ccccc2C2CCCCC2C2CCCCC2)cc1O. The van der Waals surface area contributed by atoms with Crippen LogP contribution in [0.25, 0.3) is 0 Å². The average Bonchev–Trinajstić information content (AvgIpc) is 2.72. The summed E-state index contributed by atoms with van der Waals surface area (Å²) in [5, 5.41) is 9.90. The molecule has 2 unspecified atom stereocenters. The van der Waals surface area contributed by atoms with Crippen LogP contribution in [0.4, 0.5) is 5.69 Å². The number of ether oxygens (including phenoxy) is 1. The Labute approximate surface area is 162 Å². The highest BCUT2D eigenvalue weighted by Gasteiger charge is 2.34. The van der Waals surface area contributed by atoms with Gasteiger partial charge in [0, 0.05) is 6.07 Å². The minimum atomic E-state index is 0.0720. The molecule has 0 aliphatic heterocycles. The number of hydrogen-bond acceptors (Lipinski definition) is 3. The summed E-state index contributed by atoms with van der Waals surface area (Å²) in [7, 11) is 0. The predicted octanol–water partition coefficient (Wildman–Crippen LogP) is 6.62. The normalized spacial score (nSPS) is 23.9. The first-order valence-electron chi connectivity index (χ1n) is 10.6. The van der Waals surface area contributed by atoms with E-state index >= 15 is 0 Å². The summed E-state index contributed by atoms with van der Waals surface area (Å²) in [4.78, 5) is 0. The average molecular weight is 366 g/mol. The van der Waals surface area contributed by atoms with Gasteiger partial charge in [0.15, 0.2) is 0 Å². The maximum absolute atomic E-state index is 9.90. The van der Waals surface area contributed by atoms with Crippen molar-refractivity contribution in [1.29, 1.82) is 0 Å². The molecule has 0 radical (unpaired) electrons. The van der Waals surface area contributed by atoms with Crippen molar-refractivity contribution >= 4 is 5.69 Å². The number of nitrogens with two attached hydrogens (primary N) is 1. The Morgan fingerprint density at radius 3 is 2.41 bits per heavy atom. The van der Waals surface area contributed by atoms with Gasteiger partial charge in [-0.2, -0.15) is 0 Å². The number of anilines is 1. The van der Waals surface area contributed by atoms with Crippen LogP contribution < -0.4 is 10.5 Å². The van der Waals surface area contributed by atoms with Crippen LogP contribution in [0, 0.1) is 11.8 Å². The van der Waals surface area contributed by atoms with E-state index in [0.29, 0.717) is 17.4 Å². The Balaban J connectivity index is 1.61. The van der Waals surface area contributed by atoms with Gasteiger partial charge < -0.3 is 15.6 Å². The second-order valence-electron chi connectivity index (χ2n) is 8.31. The molecule has 3 heteroatoms. The predicted molar refractivity (Wildman–Crippen MR) is 110 cm³/mol. The molecule has 2 aliphatic rings. The quantitative estimate of drug-likeness (QED) is 0.473. The number of phenols is 1. The van der Waals surface area contributed by atoms with Crippen LogP contribution in [0.15, 0.2) is 42.5 Å². The van der Waals surface area contributed by atoms with Gasteiger partial charge in [0.1, 0.15) is 17.2 Å². The second kappa shape index (κ2) is 8.24. The van der Waals surface area contributed by atoms with Crippen LogP contribution in [0.1, 0.15) is 69.3 Å². The minimum Gasteiger partial charge on any atom is -0.506 e. The van der Waals surface area contributed by atoms with E-state index in [2.05, 4.69) is 18.2 Å². The van der Waals surface area contributed by atoms with Gasteiger partial charge in [-0.15, -0.1) is 0 Å². The number of aromatic hydroxyl groups is 1. The van der Waals surface area contributed by atoms with Gasteiger partial charge in [-0.3, -0.25) is 0 Å². The standard InChI is InChI=1S/C24H31NO2/c25-22-15-14-18(16-23(22)26)27-24-13-7-6-12-21(24)20-11-5-4-10-19(20)17-8-2-1-3-9-17/h6-7,12-17,19-20,26H,1-5,8-11,25H2. The lowest BCUT2D eigenvalue weighted by Crippen LogP contribution is -2.27. The molecule has 0 heterocycles. The molecule has 2 fully saturated rings. The highest BCUT2D eigenvalue weighted by Crippen LogP contribution is 2.48. The lowest BCUT2D eigenvalue weighted by molar-refractivity contribution is 0.168. The van der Waals surface area contributed by atoms with Crippen molar-refractivity contribution in [2.45, 2.75) is 63.7 Å². The van der Waals surface area contributed by atoms with Crippen LogP contribution in [-0.4, -0.2) is 5.11 Å². The van der Waals surface area contributed by atoms with Crippen LogP contribution in [0.3, 0.4) is 0 Å². The molecule has 2 saturated carbocycles. The first-order chi connectivity index (χ1) is 13.2. The summed E-state index contributed by atoms with van der Waals surface area (Å²) < 4.78 is 6.22. The van der Waals surface area contributed by atoms with Crippen molar-refractivity contribution in [3.05, 3.63) is 48.0 Å². The van der Waals surface area contributed by atoms with E-state index in [1.165, 1.54) is 63.4 Å². The van der Waals surface area contributed by atoms with Crippen molar-refractivity contribution in [2.75, 3.05) is 5.73 Å². The highest BCUT2D eigenvalue weighted by molar-refractivity contribution is 5.55. The van der Waals surface area contributed by atoms with E-state index in [4.69, 9.17) is 10.5 Å². The van der Waals surface area contributed by atoms with Gasteiger partial charge in [-0.1, -0.05) is 63.1 Å². The molecule has 2 aromatic carbocycles. The van der Waals surface area contributed by atoms with Gasteiger partial charge in [-0.25, -0.2) is 0 Å². The number of hydrogen-bond donors (Lipinski definition) is 2. The van der Waals surface area contributed by atoms with Crippen LogP contribution >= 0.6 is 0 Å². The number of para-hydroxylation sites is 1. The Morgan fingerprint density at radius 1 is 0.852 bits per heavy atom. The fourth-order valence-electron chi connectivity index (χ4n) is 5.27. The molecule has 2 aromatic rings. The Morgan fingerprint density at radius 2 is 1.59 bits per heavy atom. The van der Waals surface area contributed by atoms with Gasteiger partial charge >= 0.3 is 0 Å². The molecule has 2 aliphatic carbocycles. The monoisotopic (exact) mass is 365 g/mol. The van der Waals surface area contributed by atoms with Crippen molar-refractivity contribution in [2.24, 2.45) is 11.8 Å². The summed E-state index contributed by atoms with van der Waals surface area (Å²) in [6.07, 6.45) is 12.3. The second-order valence-corrected chi connectivity index (χ2v) is 8.31. The maximum Gasteiger partial charge on any atom is 0.142 e. The van der Waals surface area contributed by atoms with Crippen LogP contribution in [-0.2, 0) is 0 Å². The van der Waals surface area contributed by atoms with Gasteiger partial charge in [-0.05, 0) is 54.4 Å². The molecule has 0 aromatic heterocycles. The van der Waals surface area contributed by atoms with E-state index < -0.39 is 0 Å². The smallest absolute Gasteiger partial charge is 0.142 e. The number of rotatable bonds is 4. The Kier molecular flexibility index (Phi) is 5.56. The minimum absolute atomic E-state index is 0.0720. The third-order valence-electron chi connectivity index (χ3n) is 6.62. The summed E-state index contributed by atoms with van der Waals surface area (Å²) in [6, 6.07) is 13.6. The molecule has 0 saturated heterocycles.